The van der Waals surface area contributed by atoms with Gasteiger partial charge in [-0.2, -0.15) is 0 Å². The third-order valence-electron chi connectivity index (χ3n) is 2.16. The molecule has 0 aliphatic carbocycles. The van der Waals surface area contributed by atoms with Crippen molar-refractivity contribution in [3.63, 3.8) is 0 Å². The zero-order chi connectivity index (χ0) is 11.5. The van der Waals surface area contributed by atoms with Crippen LogP contribution in [0.1, 0.15) is 5.69 Å². The van der Waals surface area contributed by atoms with Gasteiger partial charge in [-0.3, -0.25) is 0 Å². The zero-order valence-corrected chi connectivity index (χ0v) is 9.76. The smallest absolute Gasteiger partial charge is 0.123 e. The summed E-state index contributed by atoms with van der Waals surface area (Å²) in [6.45, 7) is 0. The van der Waals surface area contributed by atoms with Crippen molar-refractivity contribution >= 4 is 23.2 Å². The van der Waals surface area contributed by atoms with Gasteiger partial charge in [0.2, 0.25) is 0 Å². The molecule has 4 heteroatoms. The molecule has 0 fully saturated rings. The fraction of sp³-hybridized carbons (Fsp3) is 0.0833. The van der Waals surface area contributed by atoms with Gasteiger partial charge in [-0.1, -0.05) is 11.6 Å². The number of pyridine rings is 1. The Kier molecular flexibility index (Phi) is 3.42. The van der Waals surface area contributed by atoms with Crippen LogP contribution in [0.4, 0.5) is 4.39 Å². The predicted octanol–water partition coefficient (Wildman–Crippen LogP) is 4.28. The van der Waals surface area contributed by atoms with Gasteiger partial charge in [0.25, 0.3) is 0 Å². The first-order chi connectivity index (χ1) is 7.70. The third-order valence-corrected chi connectivity index (χ3v) is 2.74. The Balaban J connectivity index is 2.50. The molecule has 1 aromatic carbocycles. The van der Waals surface area contributed by atoms with E-state index in [1.54, 1.807) is 24.3 Å². The van der Waals surface area contributed by atoms with Gasteiger partial charge in [0.1, 0.15) is 5.82 Å². The van der Waals surface area contributed by atoms with E-state index in [1.165, 1.54) is 12.1 Å². The number of alkyl halides is 1. The highest BCUT2D eigenvalue weighted by molar-refractivity contribution is 6.33. The maximum Gasteiger partial charge on any atom is 0.123 e. The van der Waals surface area contributed by atoms with Gasteiger partial charge in [-0.15, -0.1) is 11.6 Å². The van der Waals surface area contributed by atoms with Gasteiger partial charge in [0.15, 0.2) is 0 Å². The Bertz CT molecular complexity index is 497. The molecule has 0 saturated heterocycles. The van der Waals surface area contributed by atoms with Gasteiger partial charge in [0, 0.05) is 5.56 Å². The molecule has 0 amide bonds. The topological polar surface area (TPSA) is 12.9 Å². The second-order valence-electron chi connectivity index (χ2n) is 3.27. The molecule has 2 rings (SSSR count). The van der Waals surface area contributed by atoms with E-state index in [0.29, 0.717) is 16.6 Å². The lowest BCUT2D eigenvalue weighted by Crippen LogP contribution is -1.90. The molecule has 0 aliphatic rings. The SMILES string of the molecule is Fc1ccc(-c2nc(CCl)ccc2Cl)cc1. The number of nitrogens with zero attached hydrogens (tertiary/aromatic N) is 1. The Morgan fingerprint density at radius 3 is 2.38 bits per heavy atom. The number of aromatic nitrogens is 1. The number of halogens is 3. The van der Waals surface area contributed by atoms with Crippen LogP contribution in [0.25, 0.3) is 11.3 Å². The van der Waals surface area contributed by atoms with Gasteiger partial charge in [-0.05, 0) is 36.4 Å². The van der Waals surface area contributed by atoms with Crippen LogP contribution in [0.2, 0.25) is 5.02 Å². The predicted molar refractivity (Wildman–Crippen MR) is 64.2 cm³/mol. The van der Waals surface area contributed by atoms with E-state index in [0.717, 1.165) is 11.3 Å². The fourth-order valence-electron chi connectivity index (χ4n) is 1.37. The Morgan fingerprint density at radius 2 is 1.75 bits per heavy atom. The average Bonchev–Trinajstić information content (AvgIpc) is 2.31. The first-order valence-corrected chi connectivity index (χ1v) is 5.59. The van der Waals surface area contributed by atoms with Crippen molar-refractivity contribution in [2.24, 2.45) is 0 Å². The average molecular weight is 256 g/mol. The molecular weight excluding hydrogens is 248 g/mol. The lowest BCUT2D eigenvalue weighted by Gasteiger charge is -2.05. The molecule has 1 heterocycles. The monoisotopic (exact) mass is 255 g/mol. The van der Waals surface area contributed by atoms with Crippen LogP contribution in [-0.2, 0) is 5.88 Å². The largest absolute Gasteiger partial charge is 0.250 e. The van der Waals surface area contributed by atoms with E-state index in [2.05, 4.69) is 4.98 Å². The molecule has 1 aromatic heterocycles. The van der Waals surface area contributed by atoms with Crippen molar-refractivity contribution in [1.82, 2.24) is 4.98 Å². The summed E-state index contributed by atoms with van der Waals surface area (Å²) in [4.78, 5) is 4.30. The number of hydrogen-bond donors (Lipinski definition) is 0. The number of benzene rings is 1. The normalized spacial score (nSPS) is 10.4. The first-order valence-electron chi connectivity index (χ1n) is 4.68. The van der Waals surface area contributed by atoms with Crippen molar-refractivity contribution in [2.45, 2.75) is 5.88 Å². The Labute approximate surface area is 103 Å². The fourth-order valence-corrected chi connectivity index (χ4v) is 1.73. The Hall–Kier alpha value is -1.12. The summed E-state index contributed by atoms with van der Waals surface area (Å²) in [5.41, 5.74) is 2.14. The highest BCUT2D eigenvalue weighted by Gasteiger charge is 2.06. The summed E-state index contributed by atoms with van der Waals surface area (Å²) in [6, 6.07) is 9.54. The lowest BCUT2D eigenvalue weighted by atomic mass is 10.1. The van der Waals surface area contributed by atoms with E-state index in [-0.39, 0.29) is 5.82 Å². The van der Waals surface area contributed by atoms with Crippen LogP contribution in [0.3, 0.4) is 0 Å². The molecule has 0 aliphatic heterocycles. The van der Waals surface area contributed by atoms with Gasteiger partial charge in [-0.25, -0.2) is 9.37 Å². The molecule has 0 saturated carbocycles. The molecule has 16 heavy (non-hydrogen) atoms. The van der Waals surface area contributed by atoms with E-state index in [4.69, 9.17) is 23.2 Å². The molecule has 0 N–H and O–H groups in total. The summed E-state index contributed by atoms with van der Waals surface area (Å²) >= 11 is 11.7. The number of hydrogen-bond acceptors (Lipinski definition) is 1. The van der Waals surface area contributed by atoms with Crippen molar-refractivity contribution in [3.8, 4) is 11.3 Å². The third kappa shape index (κ3) is 2.34. The molecule has 82 valence electrons. The van der Waals surface area contributed by atoms with Crippen LogP contribution in [0.15, 0.2) is 36.4 Å². The van der Waals surface area contributed by atoms with Crippen molar-refractivity contribution < 1.29 is 4.39 Å². The summed E-state index contributed by atoms with van der Waals surface area (Å²) in [7, 11) is 0. The van der Waals surface area contributed by atoms with Crippen LogP contribution in [0, 0.1) is 5.82 Å². The van der Waals surface area contributed by atoms with Crippen molar-refractivity contribution in [2.75, 3.05) is 0 Å². The van der Waals surface area contributed by atoms with Crippen molar-refractivity contribution in [1.29, 1.82) is 0 Å². The molecule has 0 unspecified atom stereocenters. The van der Waals surface area contributed by atoms with Gasteiger partial charge >= 0.3 is 0 Å². The minimum absolute atomic E-state index is 0.284. The minimum Gasteiger partial charge on any atom is -0.250 e. The Morgan fingerprint density at radius 1 is 1.06 bits per heavy atom. The second kappa shape index (κ2) is 4.81. The summed E-state index contributed by atoms with van der Waals surface area (Å²) in [5.74, 6) is 0.0408. The quantitative estimate of drug-likeness (QED) is 0.731. The maximum atomic E-state index is 12.8. The summed E-state index contributed by atoms with van der Waals surface area (Å²) < 4.78 is 12.8. The molecular formula is C12H8Cl2FN. The number of rotatable bonds is 2. The lowest BCUT2D eigenvalue weighted by molar-refractivity contribution is 0.628. The van der Waals surface area contributed by atoms with Crippen LogP contribution in [-0.4, -0.2) is 4.98 Å². The van der Waals surface area contributed by atoms with E-state index >= 15 is 0 Å². The molecule has 0 bridgehead atoms. The molecule has 0 radical (unpaired) electrons. The minimum atomic E-state index is -0.284. The zero-order valence-electron chi connectivity index (χ0n) is 8.25. The van der Waals surface area contributed by atoms with Crippen LogP contribution < -0.4 is 0 Å². The van der Waals surface area contributed by atoms with Crippen LogP contribution >= 0.6 is 23.2 Å². The molecule has 0 spiro atoms. The van der Waals surface area contributed by atoms with Gasteiger partial charge in [0.05, 0.1) is 22.3 Å². The van der Waals surface area contributed by atoms with E-state index < -0.39 is 0 Å². The maximum absolute atomic E-state index is 12.8. The highest BCUT2D eigenvalue weighted by Crippen LogP contribution is 2.26. The second-order valence-corrected chi connectivity index (χ2v) is 3.95. The highest BCUT2D eigenvalue weighted by atomic mass is 35.5. The van der Waals surface area contributed by atoms with Gasteiger partial charge < -0.3 is 0 Å². The summed E-state index contributed by atoms with van der Waals surface area (Å²) in [5, 5.41) is 0.528. The first kappa shape index (κ1) is 11.4. The molecule has 0 atom stereocenters. The van der Waals surface area contributed by atoms with Crippen molar-refractivity contribution in [3.05, 3.63) is 52.9 Å². The summed E-state index contributed by atoms with van der Waals surface area (Å²) in [6.07, 6.45) is 0. The molecule has 2 aromatic rings. The van der Waals surface area contributed by atoms with E-state index in [9.17, 15) is 4.39 Å². The van der Waals surface area contributed by atoms with Crippen LogP contribution in [0.5, 0.6) is 0 Å². The standard InChI is InChI=1S/C12H8Cl2FN/c13-7-10-5-6-11(14)12(16-10)8-1-3-9(15)4-2-8/h1-6H,7H2. The van der Waals surface area contributed by atoms with E-state index in [1.807, 2.05) is 0 Å². The molecule has 1 nitrogen and oxygen atoms in total.